The minimum atomic E-state index is -0.122. The molecule has 0 bridgehead atoms. The third kappa shape index (κ3) is 3.29. The molecule has 23 heavy (non-hydrogen) atoms. The molecule has 0 aliphatic carbocycles. The molecular weight excluding hydrogens is 306 g/mol. The number of aromatic nitrogens is 2. The normalized spacial score (nSPS) is 10.5. The van der Waals surface area contributed by atoms with Crippen LogP contribution >= 0.6 is 11.3 Å². The molecule has 1 amide bonds. The van der Waals surface area contributed by atoms with Crippen LogP contribution in [0.3, 0.4) is 0 Å². The minimum absolute atomic E-state index is 0.122. The fourth-order valence-electron chi connectivity index (χ4n) is 2.34. The number of pyridine rings is 1. The summed E-state index contributed by atoms with van der Waals surface area (Å²) in [6, 6.07) is 13.5. The van der Waals surface area contributed by atoms with Crippen LogP contribution in [-0.2, 0) is 6.42 Å². The molecule has 2 heterocycles. The highest BCUT2D eigenvalue weighted by Crippen LogP contribution is 2.27. The van der Waals surface area contributed by atoms with E-state index in [2.05, 4.69) is 22.2 Å². The lowest BCUT2D eigenvalue weighted by Gasteiger charge is -2.08. The Balaban J connectivity index is 1.87. The quantitative estimate of drug-likeness (QED) is 0.777. The number of aryl methyl sites for hydroxylation is 2. The fourth-order valence-corrected chi connectivity index (χ4v) is 3.27. The number of hydrogen-bond acceptors (Lipinski definition) is 4. The van der Waals surface area contributed by atoms with Crippen molar-refractivity contribution in [3.05, 3.63) is 64.8 Å². The van der Waals surface area contributed by atoms with E-state index in [1.165, 1.54) is 11.3 Å². The Labute approximate surface area is 139 Å². The summed E-state index contributed by atoms with van der Waals surface area (Å²) in [6.45, 7) is 3.92. The number of thiazole rings is 1. The largest absolute Gasteiger partial charge is 0.321 e. The van der Waals surface area contributed by atoms with Crippen LogP contribution in [0.15, 0.2) is 48.7 Å². The zero-order valence-corrected chi connectivity index (χ0v) is 13.9. The highest BCUT2D eigenvalue weighted by atomic mass is 32.1. The Morgan fingerprint density at radius 2 is 1.96 bits per heavy atom. The molecule has 0 fully saturated rings. The number of para-hydroxylation sites is 1. The summed E-state index contributed by atoms with van der Waals surface area (Å²) >= 11 is 1.37. The molecule has 2 aromatic heterocycles. The molecule has 0 aliphatic heterocycles. The molecule has 3 rings (SSSR count). The maximum absolute atomic E-state index is 12.6. The van der Waals surface area contributed by atoms with Gasteiger partial charge in [-0.05, 0) is 37.1 Å². The second-order valence-corrected chi connectivity index (χ2v) is 6.11. The van der Waals surface area contributed by atoms with Crippen molar-refractivity contribution in [3.8, 4) is 10.7 Å². The van der Waals surface area contributed by atoms with Crippen molar-refractivity contribution in [2.75, 3.05) is 5.32 Å². The molecule has 1 aromatic carbocycles. The van der Waals surface area contributed by atoms with Gasteiger partial charge in [0.25, 0.3) is 5.91 Å². The maximum atomic E-state index is 12.6. The zero-order valence-electron chi connectivity index (χ0n) is 13.0. The van der Waals surface area contributed by atoms with Crippen LogP contribution < -0.4 is 5.32 Å². The number of amides is 1. The monoisotopic (exact) mass is 323 g/mol. The Hall–Kier alpha value is -2.53. The lowest BCUT2D eigenvalue weighted by Crippen LogP contribution is -2.12. The van der Waals surface area contributed by atoms with Crippen LogP contribution in [0.5, 0.6) is 0 Å². The summed E-state index contributed by atoms with van der Waals surface area (Å²) in [4.78, 5) is 22.0. The molecule has 0 atom stereocenters. The third-order valence-corrected chi connectivity index (χ3v) is 4.71. The van der Waals surface area contributed by atoms with Gasteiger partial charge >= 0.3 is 0 Å². The van der Waals surface area contributed by atoms with Crippen molar-refractivity contribution in [1.82, 2.24) is 9.97 Å². The van der Waals surface area contributed by atoms with E-state index >= 15 is 0 Å². The smallest absolute Gasteiger partial charge is 0.267 e. The van der Waals surface area contributed by atoms with E-state index in [1.54, 1.807) is 6.20 Å². The van der Waals surface area contributed by atoms with Crippen molar-refractivity contribution in [3.63, 3.8) is 0 Å². The van der Waals surface area contributed by atoms with Gasteiger partial charge in [0.05, 0.1) is 11.4 Å². The second kappa shape index (κ2) is 6.71. The molecule has 0 radical (unpaired) electrons. The molecule has 1 N–H and O–H groups in total. The fraction of sp³-hybridized carbons (Fsp3) is 0.167. The first-order chi connectivity index (χ1) is 11.2. The predicted molar refractivity (Wildman–Crippen MR) is 93.9 cm³/mol. The Kier molecular flexibility index (Phi) is 4.48. The summed E-state index contributed by atoms with van der Waals surface area (Å²) in [5, 5.41) is 3.76. The van der Waals surface area contributed by atoms with Gasteiger partial charge in [-0.15, -0.1) is 11.3 Å². The Bertz CT molecular complexity index is 827. The van der Waals surface area contributed by atoms with Crippen molar-refractivity contribution >= 4 is 22.9 Å². The molecule has 4 nitrogen and oxygen atoms in total. The number of benzene rings is 1. The van der Waals surface area contributed by atoms with E-state index in [1.807, 2.05) is 49.4 Å². The van der Waals surface area contributed by atoms with Crippen molar-refractivity contribution < 1.29 is 4.79 Å². The summed E-state index contributed by atoms with van der Waals surface area (Å²) in [7, 11) is 0. The van der Waals surface area contributed by atoms with E-state index in [0.717, 1.165) is 34.1 Å². The van der Waals surface area contributed by atoms with Crippen molar-refractivity contribution in [1.29, 1.82) is 0 Å². The lowest BCUT2D eigenvalue weighted by atomic mass is 10.1. The Morgan fingerprint density at radius 3 is 2.70 bits per heavy atom. The lowest BCUT2D eigenvalue weighted by molar-refractivity contribution is 0.102. The first kappa shape index (κ1) is 15.4. The van der Waals surface area contributed by atoms with Gasteiger partial charge in [-0.2, -0.15) is 0 Å². The van der Waals surface area contributed by atoms with E-state index < -0.39 is 0 Å². The zero-order chi connectivity index (χ0) is 16.2. The van der Waals surface area contributed by atoms with Gasteiger partial charge in [0, 0.05) is 11.9 Å². The topological polar surface area (TPSA) is 54.9 Å². The first-order valence-corrected chi connectivity index (χ1v) is 8.28. The van der Waals surface area contributed by atoms with Gasteiger partial charge in [0.1, 0.15) is 9.88 Å². The number of nitrogens with zero attached hydrogens (tertiary/aromatic N) is 2. The van der Waals surface area contributed by atoms with Crippen molar-refractivity contribution in [2.24, 2.45) is 0 Å². The van der Waals surface area contributed by atoms with Gasteiger partial charge in [-0.25, -0.2) is 4.98 Å². The number of hydrogen-bond donors (Lipinski definition) is 1. The summed E-state index contributed by atoms with van der Waals surface area (Å²) < 4.78 is 0. The second-order valence-electron chi connectivity index (χ2n) is 5.11. The average molecular weight is 323 g/mol. The van der Waals surface area contributed by atoms with Gasteiger partial charge in [-0.1, -0.05) is 31.2 Å². The number of carbonyl (C=O) groups excluding carboxylic acids is 1. The molecule has 0 unspecified atom stereocenters. The van der Waals surface area contributed by atoms with E-state index in [4.69, 9.17) is 0 Å². The van der Waals surface area contributed by atoms with Crippen molar-refractivity contribution in [2.45, 2.75) is 20.3 Å². The number of carbonyl (C=O) groups is 1. The van der Waals surface area contributed by atoms with Gasteiger partial charge in [0.15, 0.2) is 0 Å². The van der Waals surface area contributed by atoms with E-state index in [9.17, 15) is 4.79 Å². The first-order valence-electron chi connectivity index (χ1n) is 7.47. The molecule has 0 spiro atoms. The molecule has 0 saturated carbocycles. The number of rotatable bonds is 4. The highest BCUT2D eigenvalue weighted by molar-refractivity contribution is 7.17. The van der Waals surface area contributed by atoms with Crippen LogP contribution in [0.25, 0.3) is 10.7 Å². The molecular formula is C18H17N3OS. The summed E-state index contributed by atoms with van der Waals surface area (Å²) in [6.07, 6.45) is 2.60. The molecule has 5 heteroatoms. The van der Waals surface area contributed by atoms with Crippen LogP contribution in [0.2, 0.25) is 0 Å². The molecule has 0 saturated heterocycles. The maximum Gasteiger partial charge on any atom is 0.267 e. The van der Waals surface area contributed by atoms with Gasteiger partial charge in [-0.3, -0.25) is 9.78 Å². The van der Waals surface area contributed by atoms with E-state index in [-0.39, 0.29) is 5.91 Å². The molecule has 3 aromatic rings. The van der Waals surface area contributed by atoms with Crippen LogP contribution in [-0.4, -0.2) is 15.9 Å². The van der Waals surface area contributed by atoms with Gasteiger partial charge < -0.3 is 5.32 Å². The predicted octanol–water partition coefficient (Wildman–Crippen LogP) is 4.33. The molecule has 116 valence electrons. The van der Waals surface area contributed by atoms with Crippen LogP contribution in [0, 0.1) is 6.92 Å². The highest BCUT2D eigenvalue weighted by Gasteiger charge is 2.17. The average Bonchev–Trinajstić information content (AvgIpc) is 2.98. The SMILES string of the molecule is CCc1ccccc1NC(=O)c1sc(-c2ccccn2)nc1C. The number of anilines is 1. The number of nitrogens with one attached hydrogen (secondary N) is 1. The minimum Gasteiger partial charge on any atom is -0.321 e. The van der Waals surface area contributed by atoms with Crippen LogP contribution in [0.4, 0.5) is 5.69 Å². The third-order valence-electron chi connectivity index (χ3n) is 3.53. The van der Waals surface area contributed by atoms with E-state index in [0.29, 0.717) is 4.88 Å². The standard InChI is InChI=1S/C18H17N3OS/c1-3-13-8-4-5-9-14(13)21-17(22)16-12(2)20-18(23-16)15-10-6-7-11-19-15/h4-11H,3H2,1-2H3,(H,21,22). The summed E-state index contributed by atoms with van der Waals surface area (Å²) in [5.74, 6) is -0.122. The summed E-state index contributed by atoms with van der Waals surface area (Å²) in [5.41, 5.74) is 3.48. The van der Waals surface area contributed by atoms with Gasteiger partial charge in [0.2, 0.25) is 0 Å². The van der Waals surface area contributed by atoms with Crippen LogP contribution in [0.1, 0.15) is 27.9 Å². The Morgan fingerprint density at radius 1 is 1.17 bits per heavy atom. The molecule has 0 aliphatic rings.